The maximum Gasteiger partial charge on any atom is 0.271 e. The fourth-order valence-corrected chi connectivity index (χ4v) is 3.84. The Hall–Kier alpha value is -2.34. The van der Waals surface area contributed by atoms with Gasteiger partial charge in [0.25, 0.3) is 10.0 Å². The van der Waals surface area contributed by atoms with E-state index in [2.05, 4.69) is 10.3 Å². The molecule has 0 radical (unpaired) electrons. The van der Waals surface area contributed by atoms with Gasteiger partial charge in [-0.3, -0.25) is 0 Å². The van der Waals surface area contributed by atoms with Crippen LogP contribution in [0, 0.1) is 13.8 Å². The van der Waals surface area contributed by atoms with E-state index in [0.29, 0.717) is 17.0 Å². The molecular formula is C16H17N3O2S. The lowest BCUT2D eigenvalue weighted by molar-refractivity contribution is 0.589. The summed E-state index contributed by atoms with van der Waals surface area (Å²) in [5, 5.41) is 2.86. The number of fused-ring (bicyclic) bond motifs is 1. The van der Waals surface area contributed by atoms with Crippen LogP contribution in [-0.2, 0) is 10.0 Å². The number of hydrogen-bond acceptors (Lipinski definition) is 4. The normalized spacial score (nSPS) is 11.8. The Balaban J connectivity index is 2.32. The molecule has 0 unspecified atom stereocenters. The molecule has 5 nitrogen and oxygen atoms in total. The van der Waals surface area contributed by atoms with Gasteiger partial charge in [0.15, 0.2) is 0 Å². The summed E-state index contributed by atoms with van der Waals surface area (Å²) in [6.07, 6.45) is 0. The highest BCUT2D eigenvalue weighted by Crippen LogP contribution is 2.26. The maximum atomic E-state index is 13.0. The quantitative estimate of drug-likeness (QED) is 0.807. The zero-order valence-electron chi connectivity index (χ0n) is 12.7. The SMILES string of the molecule is CNc1nc2ccc(C)cc2n1S(=O)(=O)c1ccc(C)cc1. The number of nitrogens with zero attached hydrogens (tertiary/aromatic N) is 2. The first kappa shape index (κ1) is 14.6. The van der Waals surface area contributed by atoms with Crippen LogP contribution in [0.1, 0.15) is 11.1 Å². The molecule has 0 fully saturated rings. The van der Waals surface area contributed by atoms with E-state index in [1.807, 2.05) is 32.0 Å². The van der Waals surface area contributed by atoms with Crippen molar-refractivity contribution in [2.24, 2.45) is 0 Å². The van der Waals surface area contributed by atoms with E-state index >= 15 is 0 Å². The molecule has 0 amide bonds. The third-order valence-electron chi connectivity index (χ3n) is 3.55. The van der Waals surface area contributed by atoms with Gasteiger partial charge in [-0.15, -0.1) is 0 Å². The molecule has 0 bridgehead atoms. The standard InChI is InChI=1S/C16H17N3O2S/c1-11-4-7-13(8-5-11)22(20,21)19-15-10-12(2)6-9-14(15)18-16(19)17-3/h4-10H,1-3H3,(H,17,18). The zero-order valence-corrected chi connectivity index (χ0v) is 13.5. The predicted molar refractivity (Wildman–Crippen MR) is 87.8 cm³/mol. The average Bonchev–Trinajstić information content (AvgIpc) is 2.86. The Morgan fingerprint density at radius 2 is 1.64 bits per heavy atom. The summed E-state index contributed by atoms with van der Waals surface area (Å²) >= 11 is 0. The van der Waals surface area contributed by atoms with Crippen LogP contribution in [0.25, 0.3) is 11.0 Å². The summed E-state index contributed by atoms with van der Waals surface area (Å²) < 4.78 is 27.3. The summed E-state index contributed by atoms with van der Waals surface area (Å²) in [7, 11) is -2.04. The average molecular weight is 315 g/mol. The van der Waals surface area contributed by atoms with Crippen LogP contribution in [-0.4, -0.2) is 24.4 Å². The number of aryl methyl sites for hydroxylation is 2. The summed E-state index contributed by atoms with van der Waals surface area (Å²) in [5.41, 5.74) is 3.21. The molecule has 114 valence electrons. The highest BCUT2D eigenvalue weighted by molar-refractivity contribution is 7.90. The largest absolute Gasteiger partial charge is 0.358 e. The fraction of sp³-hybridized carbons (Fsp3) is 0.188. The van der Waals surface area contributed by atoms with E-state index in [-0.39, 0.29) is 4.90 Å². The van der Waals surface area contributed by atoms with Gasteiger partial charge in [-0.25, -0.2) is 17.4 Å². The fourth-order valence-electron chi connectivity index (χ4n) is 2.38. The molecule has 0 aliphatic carbocycles. The molecule has 0 aliphatic heterocycles. The number of rotatable bonds is 3. The third-order valence-corrected chi connectivity index (χ3v) is 5.27. The molecule has 0 aliphatic rings. The van der Waals surface area contributed by atoms with Gasteiger partial charge in [0.1, 0.15) is 0 Å². The van der Waals surface area contributed by atoms with E-state index in [4.69, 9.17) is 0 Å². The second kappa shape index (κ2) is 5.14. The van der Waals surface area contributed by atoms with Crippen molar-refractivity contribution in [3.05, 3.63) is 53.6 Å². The van der Waals surface area contributed by atoms with Gasteiger partial charge in [-0.2, -0.15) is 0 Å². The molecule has 3 aromatic rings. The van der Waals surface area contributed by atoms with Gasteiger partial charge in [-0.1, -0.05) is 23.8 Å². The summed E-state index contributed by atoms with van der Waals surface area (Å²) in [6.45, 7) is 3.85. The second-order valence-corrected chi connectivity index (χ2v) is 7.05. The number of nitrogens with one attached hydrogen (secondary N) is 1. The number of anilines is 1. The molecular weight excluding hydrogens is 298 g/mol. The lowest BCUT2D eigenvalue weighted by Crippen LogP contribution is -2.15. The van der Waals surface area contributed by atoms with Gasteiger partial charge in [0.2, 0.25) is 5.95 Å². The molecule has 0 saturated heterocycles. The molecule has 6 heteroatoms. The smallest absolute Gasteiger partial charge is 0.271 e. The molecule has 3 rings (SSSR count). The molecule has 22 heavy (non-hydrogen) atoms. The van der Waals surface area contributed by atoms with E-state index < -0.39 is 10.0 Å². The van der Waals surface area contributed by atoms with Crippen LogP contribution in [0.3, 0.4) is 0 Å². The Morgan fingerprint density at radius 1 is 1.00 bits per heavy atom. The minimum Gasteiger partial charge on any atom is -0.358 e. The van der Waals surface area contributed by atoms with Gasteiger partial charge >= 0.3 is 0 Å². The lowest BCUT2D eigenvalue weighted by Gasteiger charge is -2.10. The van der Waals surface area contributed by atoms with Crippen molar-refractivity contribution in [3.8, 4) is 0 Å². The minimum atomic E-state index is -3.71. The Bertz CT molecular complexity index is 941. The van der Waals surface area contributed by atoms with E-state index in [1.165, 1.54) is 3.97 Å². The number of hydrogen-bond donors (Lipinski definition) is 1. The first-order chi connectivity index (χ1) is 10.4. The van der Waals surface area contributed by atoms with Crippen LogP contribution in [0.2, 0.25) is 0 Å². The van der Waals surface area contributed by atoms with Crippen molar-refractivity contribution in [2.45, 2.75) is 18.7 Å². The van der Waals surface area contributed by atoms with Crippen LogP contribution >= 0.6 is 0 Å². The lowest BCUT2D eigenvalue weighted by atomic mass is 10.2. The summed E-state index contributed by atoms with van der Waals surface area (Å²) in [4.78, 5) is 4.60. The van der Waals surface area contributed by atoms with Crippen LogP contribution < -0.4 is 5.32 Å². The number of imidazole rings is 1. The summed E-state index contributed by atoms with van der Waals surface area (Å²) in [5.74, 6) is 0.307. The van der Waals surface area contributed by atoms with Crippen LogP contribution in [0.5, 0.6) is 0 Å². The van der Waals surface area contributed by atoms with Gasteiger partial charge < -0.3 is 5.32 Å². The molecule has 2 aromatic carbocycles. The van der Waals surface area contributed by atoms with Crippen molar-refractivity contribution >= 4 is 27.0 Å². The molecule has 0 atom stereocenters. The van der Waals surface area contributed by atoms with Crippen LogP contribution in [0.4, 0.5) is 5.95 Å². The molecule has 1 aromatic heterocycles. The van der Waals surface area contributed by atoms with Crippen molar-refractivity contribution in [1.29, 1.82) is 0 Å². The topological polar surface area (TPSA) is 64.0 Å². The number of benzene rings is 2. The van der Waals surface area contributed by atoms with Gasteiger partial charge in [0.05, 0.1) is 15.9 Å². The van der Waals surface area contributed by atoms with Crippen molar-refractivity contribution in [2.75, 3.05) is 12.4 Å². The van der Waals surface area contributed by atoms with E-state index in [0.717, 1.165) is 11.1 Å². The van der Waals surface area contributed by atoms with E-state index in [9.17, 15) is 8.42 Å². The maximum absolute atomic E-state index is 13.0. The minimum absolute atomic E-state index is 0.246. The Kier molecular flexibility index (Phi) is 3.41. The highest BCUT2D eigenvalue weighted by atomic mass is 32.2. The van der Waals surface area contributed by atoms with Crippen molar-refractivity contribution in [1.82, 2.24) is 8.96 Å². The Morgan fingerprint density at radius 3 is 2.27 bits per heavy atom. The van der Waals surface area contributed by atoms with Gasteiger partial charge in [0, 0.05) is 7.05 Å². The van der Waals surface area contributed by atoms with Crippen LogP contribution in [0.15, 0.2) is 47.4 Å². The molecule has 0 saturated carbocycles. The van der Waals surface area contributed by atoms with E-state index in [1.54, 1.807) is 31.3 Å². The number of aromatic nitrogens is 2. The molecule has 0 spiro atoms. The van der Waals surface area contributed by atoms with Crippen molar-refractivity contribution < 1.29 is 8.42 Å². The second-order valence-electron chi connectivity index (χ2n) is 5.26. The van der Waals surface area contributed by atoms with Gasteiger partial charge in [-0.05, 0) is 43.7 Å². The highest BCUT2D eigenvalue weighted by Gasteiger charge is 2.23. The van der Waals surface area contributed by atoms with Crippen molar-refractivity contribution in [3.63, 3.8) is 0 Å². The first-order valence-electron chi connectivity index (χ1n) is 6.92. The first-order valence-corrected chi connectivity index (χ1v) is 8.36. The zero-order chi connectivity index (χ0) is 15.9. The Labute approximate surface area is 129 Å². The monoisotopic (exact) mass is 315 g/mol. The summed E-state index contributed by atoms with van der Waals surface area (Å²) in [6, 6.07) is 12.4. The molecule has 1 heterocycles. The predicted octanol–water partition coefficient (Wildman–Crippen LogP) is 2.93. The third kappa shape index (κ3) is 2.25. The molecule has 1 N–H and O–H groups in total.